The number of carbonyl (C=O) groups excluding carboxylic acids is 1. The molecule has 2 N–H and O–H groups in total. The quantitative estimate of drug-likeness (QED) is 0.536. The number of aromatic amines is 1. The van der Waals surface area contributed by atoms with Crippen molar-refractivity contribution in [3.05, 3.63) is 54.7 Å². The smallest absolute Gasteiger partial charge is 0.249 e. The molecule has 1 fully saturated rings. The van der Waals surface area contributed by atoms with Crippen molar-refractivity contribution in [3.8, 4) is 16.9 Å². The second-order valence-electron chi connectivity index (χ2n) is 6.63. The highest BCUT2D eigenvalue weighted by Gasteiger charge is 2.30. The van der Waals surface area contributed by atoms with Crippen LogP contribution in [0.4, 0.5) is 5.95 Å². The monoisotopic (exact) mass is 375 g/mol. The Kier molecular flexibility index (Phi) is 3.97. The molecule has 1 amide bonds. The lowest BCUT2D eigenvalue weighted by molar-refractivity contribution is -0.117. The van der Waals surface area contributed by atoms with E-state index in [4.69, 9.17) is 4.74 Å². The second kappa shape index (κ2) is 6.76. The number of nitrogens with one attached hydrogen (secondary N) is 2. The van der Waals surface area contributed by atoms with Gasteiger partial charge in [-0.25, -0.2) is 9.50 Å². The molecule has 3 heterocycles. The normalized spacial score (nSPS) is 13.6. The second-order valence-corrected chi connectivity index (χ2v) is 6.63. The van der Waals surface area contributed by atoms with Crippen LogP contribution in [0, 0.1) is 5.92 Å². The summed E-state index contributed by atoms with van der Waals surface area (Å²) in [6, 6.07) is 11.6. The number of rotatable bonds is 6. The van der Waals surface area contributed by atoms with Gasteiger partial charge in [-0.2, -0.15) is 10.1 Å². The molecule has 9 heteroatoms. The van der Waals surface area contributed by atoms with Gasteiger partial charge >= 0.3 is 0 Å². The van der Waals surface area contributed by atoms with Gasteiger partial charge in [0.15, 0.2) is 11.5 Å². The van der Waals surface area contributed by atoms with Crippen LogP contribution in [0.1, 0.15) is 18.7 Å². The van der Waals surface area contributed by atoms with Gasteiger partial charge in [-0.1, -0.05) is 12.1 Å². The summed E-state index contributed by atoms with van der Waals surface area (Å²) in [5.74, 6) is 1.82. The third-order valence-electron chi connectivity index (χ3n) is 4.55. The third-order valence-corrected chi connectivity index (χ3v) is 4.55. The van der Waals surface area contributed by atoms with Gasteiger partial charge in [0.1, 0.15) is 18.7 Å². The molecule has 3 aromatic heterocycles. The average Bonchev–Trinajstić information content (AvgIpc) is 3.28. The number of benzene rings is 1. The summed E-state index contributed by atoms with van der Waals surface area (Å²) in [6.45, 7) is 0.323. The van der Waals surface area contributed by atoms with Crippen LogP contribution in [0.3, 0.4) is 0 Å². The Bertz CT molecular complexity index is 1120. The molecule has 9 nitrogen and oxygen atoms in total. The van der Waals surface area contributed by atoms with Crippen LogP contribution in [-0.2, 0) is 11.4 Å². The maximum atomic E-state index is 12.0. The molecular weight excluding hydrogens is 358 g/mol. The largest absolute Gasteiger partial charge is 0.486 e. The van der Waals surface area contributed by atoms with Gasteiger partial charge in [-0.3, -0.25) is 15.2 Å². The highest BCUT2D eigenvalue weighted by Crippen LogP contribution is 2.30. The number of hydrogen-bond acceptors (Lipinski definition) is 6. The first-order valence-corrected chi connectivity index (χ1v) is 9.00. The molecule has 0 saturated heterocycles. The van der Waals surface area contributed by atoms with Crippen LogP contribution in [-0.4, -0.2) is 35.7 Å². The van der Waals surface area contributed by atoms with Gasteiger partial charge in [0, 0.05) is 17.7 Å². The van der Waals surface area contributed by atoms with Crippen LogP contribution in [0.25, 0.3) is 16.8 Å². The molecule has 0 aliphatic heterocycles. The number of fused-ring (bicyclic) bond motifs is 1. The van der Waals surface area contributed by atoms with Crippen molar-refractivity contribution in [2.45, 2.75) is 19.4 Å². The fourth-order valence-corrected chi connectivity index (χ4v) is 2.93. The SMILES string of the molecule is O=C(Nc1nc2c(-c3ccc(OCc4ncn[nH]4)cc3)cccn2n1)C1CC1. The van der Waals surface area contributed by atoms with Crippen molar-refractivity contribution in [1.29, 1.82) is 0 Å². The summed E-state index contributed by atoms with van der Waals surface area (Å²) in [7, 11) is 0. The fourth-order valence-electron chi connectivity index (χ4n) is 2.93. The minimum Gasteiger partial charge on any atom is -0.486 e. The van der Waals surface area contributed by atoms with Crippen LogP contribution in [0.5, 0.6) is 5.75 Å². The van der Waals surface area contributed by atoms with Crippen molar-refractivity contribution >= 4 is 17.5 Å². The van der Waals surface area contributed by atoms with E-state index in [0.717, 1.165) is 29.7 Å². The van der Waals surface area contributed by atoms with E-state index >= 15 is 0 Å². The van der Waals surface area contributed by atoms with Crippen molar-refractivity contribution in [3.63, 3.8) is 0 Å². The highest BCUT2D eigenvalue weighted by atomic mass is 16.5. The predicted octanol–water partition coefficient (Wildman–Crippen LogP) is 2.44. The first kappa shape index (κ1) is 16.4. The highest BCUT2D eigenvalue weighted by molar-refractivity contribution is 5.93. The van der Waals surface area contributed by atoms with E-state index in [-0.39, 0.29) is 11.8 Å². The molecule has 28 heavy (non-hydrogen) atoms. The molecule has 1 saturated carbocycles. The Morgan fingerprint density at radius 1 is 1.25 bits per heavy atom. The Hall–Kier alpha value is -3.75. The number of pyridine rings is 1. The third kappa shape index (κ3) is 3.29. The lowest BCUT2D eigenvalue weighted by Gasteiger charge is -2.06. The minimum atomic E-state index is -0.00860. The molecule has 5 rings (SSSR count). The van der Waals surface area contributed by atoms with Crippen LogP contribution >= 0.6 is 0 Å². The van der Waals surface area contributed by atoms with Crippen LogP contribution < -0.4 is 10.1 Å². The lowest BCUT2D eigenvalue weighted by atomic mass is 10.1. The van der Waals surface area contributed by atoms with Crippen molar-refractivity contribution < 1.29 is 9.53 Å². The summed E-state index contributed by atoms with van der Waals surface area (Å²) in [5, 5.41) is 13.7. The van der Waals surface area contributed by atoms with E-state index in [1.807, 2.05) is 42.6 Å². The topological polar surface area (TPSA) is 110 Å². The summed E-state index contributed by atoms with van der Waals surface area (Å²) in [5.41, 5.74) is 2.58. The maximum absolute atomic E-state index is 12.0. The van der Waals surface area contributed by atoms with Crippen molar-refractivity contribution in [1.82, 2.24) is 29.8 Å². The number of amides is 1. The van der Waals surface area contributed by atoms with Gasteiger partial charge in [-0.15, -0.1) is 5.10 Å². The maximum Gasteiger partial charge on any atom is 0.249 e. The molecule has 0 atom stereocenters. The van der Waals surface area contributed by atoms with Gasteiger partial charge in [0.2, 0.25) is 11.9 Å². The molecule has 1 aromatic carbocycles. The first-order chi connectivity index (χ1) is 13.8. The Labute approximate surface area is 159 Å². The zero-order chi connectivity index (χ0) is 18.9. The number of hydrogen-bond donors (Lipinski definition) is 2. The van der Waals surface area contributed by atoms with E-state index in [1.165, 1.54) is 6.33 Å². The van der Waals surface area contributed by atoms with Gasteiger partial charge in [-0.05, 0) is 42.7 Å². The van der Waals surface area contributed by atoms with E-state index < -0.39 is 0 Å². The average molecular weight is 375 g/mol. The Morgan fingerprint density at radius 2 is 2.11 bits per heavy atom. The minimum absolute atomic E-state index is 0.00860. The molecule has 1 aliphatic rings. The van der Waals surface area contributed by atoms with Gasteiger partial charge in [0.25, 0.3) is 0 Å². The molecule has 140 valence electrons. The predicted molar refractivity (Wildman–Crippen MR) is 100 cm³/mol. The zero-order valence-electron chi connectivity index (χ0n) is 14.9. The Balaban J connectivity index is 1.37. The van der Waals surface area contributed by atoms with E-state index in [9.17, 15) is 4.79 Å². The molecule has 0 unspecified atom stereocenters. The van der Waals surface area contributed by atoms with E-state index in [1.54, 1.807) is 4.52 Å². The molecular formula is C19H17N7O2. The van der Waals surface area contributed by atoms with Crippen LogP contribution in [0.15, 0.2) is 48.9 Å². The summed E-state index contributed by atoms with van der Waals surface area (Å²) in [6.07, 6.45) is 5.14. The number of ether oxygens (including phenoxy) is 1. The molecule has 0 bridgehead atoms. The van der Waals surface area contributed by atoms with Crippen molar-refractivity contribution in [2.75, 3.05) is 5.32 Å². The van der Waals surface area contributed by atoms with Gasteiger partial charge < -0.3 is 4.74 Å². The number of carbonyl (C=O) groups is 1. The number of nitrogens with zero attached hydrogens (tertiary/aromatic N) is 5. The number of anilines is 1. The van der Waals surface area contributed by atoms with Crippen LogP contribution in [0.2, 0.25) is 0 Å². The zero-order valence-corrected chi connectivity index (χ0v) is 14.9. The van der Waals surface area contributed by atoms with E-state index in [2.05, 4.69) is 30.6 Å². The summed E-state index contributed by atoms with van der Waals surface area (Å²) < 4.78 is 7.36. The summed E-state index contributed by atoms with van der Waals surface area (Å²) >= 11 is 0. The molecule has 0 radical (unpaired) electrons. The lowest BCUT2D eigenvalue weighted by Crippen LogP contribution is -2.14. The van der Waals surface area contributed by atoms with E-state index in [0.29, 0.717) is 24.0 Å². The number of aromatic nitrogens is 6. The molecule has 4 aromatic rings. The summed E-state index contributed by atoms with van der Waals surface area (Å²) in [4.78, 5) is 20.5. The first-order valence-electron chi connectivity index (χ1n) is 9.00. The fraction of sp³-hybridized carbons (Fsp3) is 0.211. The standard InChI is InChI=1S/C19H17N7O2/c27-18(13-3-4-13)23-19-22-17-15(2-1-9-26(17)25-19)12-5-7-14(8-6-12)28-10-16-20-11-21-24-16/h1-2,5-9,11,13H,3-4,10H2,(H,20,21,24)(H,23,25,27). The van der Waals surface area contributed by atoms with Gasteiger partial charge in [0.05, 0.1) is 0 Å². The molecule has 0 spiro atoms. The Morgan fingerprint density at radius 3 is 2.86 bits per heavy atom. The molecule has 1 aliphatic carbocycles. The number of H-pyrrole nitrogens is 1. The van der Waals surface area contributed by atoms with Crippen molar-refractivity contribution in [2.24, 2.45) is 5.92 Å².